The average molecular weight is 364 g/mol. The fraction of sp³-hybridized carbons (Fsp3) is 0.0500. The van der Waals surface area contributed by atoms with Crippen LogP contribution in [0.15, 0.2) is 77.7 Å². The van der Waals surface area contributed by atoms with Gasteiger partial charge in [0, 0.05) is 10.9 Å². The average Bonchev–Trinajstić information content (AvgIpc) is 3.02. The van der Waals surface area contributed by atoms with Crippen LogP contribution in [-0.4, -0.2) is 22.7 Å². The number of hydrogen-bond donors (Lipinski definition) is 1. The molecule has 0 radical (unpaired) electrons. The molecule has 0 saturated heterocycles. The Kier molecular flexibility index (Phi) is 3.77. The minimum atomic E-state index is -3.86. The Morgan fingerprint density at radius 3 is 2.31 bits per heavy atom. The normalized spacial score (nSPS) is 11.7. The highest BCUT2D eigenvalue weighted by Crippen LogP contribution is 2.32. The summed E-state index contributed by atoms with van der Waals surface area (Å²) >= 11 is 0. The number of nitrogens with zero attached hydrogens (tertiary/aromatic N) is 2. The predicted molar refractivity (Wildman–Crippen MR) is 101 cm³/mol. The first kappa shape index (κ1) is 16.4. The molecule has 130 valence electrons. The SMILES string of the molecule is Cc1ccc(S(=O)(=O)n2nc(-c3ccccc3)c3cc(O)ccc32)cc1. The zero-order valence-corrected chi connectivity index (χ0v) is 14.8. The Labute approximate surface area is 151 Å². The van der Waals surface area contributed by atoms with Gasteiger partial charge in [-0.05, 0) is 37.3 Å². The number of benzene rings is 3. The van der Waals surface area contributed by atoms with Crippen LogP contribution in [0.2, 0.25) is 0 Å². The van der Waals surface area contributed by atoms with Gasteiger partial charge in [-0.25, -0.2) is 0 Å². The van der Waals surface area contributed by atoms with E-state index in [0.29, 0.717) is 16.6 Å². The van der Waals surface area contributed by atoms with E-state index in [1.54, 1.807) is 30.3 Å². The van der Waals surface area contributed by atoms with E-state index in [1.165, 1.54) is 12.1 Å². The largest absolute Gasteiger partial charge is 0.508 e. The van der Waals surface area contributed by atoms with Crippen molar-refractivity contribution in [1.82, 2.24) is 9.19 Å². The highest BCUT2D eigenvalue weighted by atomic mass is 32.2. The molecule has 1 aromatic heterocycles. The van der Waals surface area contributed by atoms with Gasteiger partial charge in [0.05, 0.1) is 10.4 Å². The van der Waals surface area contributed by atoms with Crippen LogP contribution in [0.3, 0.4) is 0 Å². The zero-order valence-electron chi connectivity index (χ0n) is 14.0. The van der Waals surface area contributed by atoms with Crippen molar-refractivity contribution in [2.24, 2.45) is 0 Å². The van der Waals surface area contributed by atoms with Gasteiger partial charge in [0.1, 0.15) is 11.4 Å². The van der Waals surface area contributed by atoms with Crippen molar-refractivity contribution in [2.45, 2.75) is 11.8 Å². The van der Waals surface area contributed by atoms with Crippen molar-refractivity contribution in [3.63, 3.8) is 0 Å². The van der Waals surface area contributed by atoms with E-state index in [2.05, 4.69) is 5.10 Å². The smallest absolute Gasteiger partial charge is 0.283 e. The molecule has 4 rings (SSSR count). The lowest BCUT2D eigenvalue weighted by Gasteiger charge is -2.06. The summed E-state index contributed by atoms with van der Waals surface area (Å²) in [5, 5.41) is 14.8. The first-order valence-electron chi connectivity index (χ1n) is 8.06. The van der Waals surface area contributed by atoms with Crippen molar-refractivity contribution < 1.29 is 13.5 Å². The molecule has 0 aliphatic carbocycles. The third-order valence-corrected chi connectivity index (χ3v) is 5.83. The summed E-state index contributed by atoms with van der Waals surface area (Å²) in [5.41, 5.74) is 2.68. The molecule has 0 fully saturated rings. The molecule has 0 aliphatic heterocycles. The molecule has 3 aromatic carbocycles. The van der Waals surface area contributed by atoms with Gasteiger partial charge in [0.15, 0.2) is 0 Å². The molecule has 0 amide bonds. The van der Waals surface area contributed by atoms with Gasteiger partial charge in [0.2, 0.25) is 0 Å². The molecule has 1 N–H and O–H groups in total. The third-order valence-electron chi connectivity index (χ3n) is 4.23. The summed E-state index contributed by atoms with van der Waals surface area (Å²) in [6.45, 7) is 1.90. The molecule has 6 heteroatoms. The number of phenolic OH excluding ortho intramolecular Hbond substituents is 1. The van der Waals surface area contributed by atoms with Gasteiger partial charge in [0.25, 0.3) is 10.0 Å². The summed E-state index contributed by atoms with van der Waals surface area (Å²) < 4.78 is 27.3. The monoisotopic (exact) mass is 364 g/mol. The summed E-state index contributed by atoms with van der Waals surface area (Å²) in [5.74, 6) is 0.0574. The molecule has 5 nitrogen and oxygen atoms in total. The Morgan fingerprint density at radius 2 is 1.62 bits per heavy atom. The van der Waals surface area contributed by atoms with Gasteiger partial charge in [-0.1, -0.05) is 48.0 Å². The molecular weight excluding hydrogens is 348 g/mol. The van der Waals surface area contributed by atoms with Gasteiger partial charge in [-0.15, -0.1) is 0 Å². The lowest BCUT2D eigenvalue weighted by molar-refractivity contribution is 0.476. The van der Waals surface area contributed by atoms with Gasteiger partial charge in [-0.2, -0.15) is 17.6 Å². The Bertz CT molecular complexity index is 1200. The van der Waals surface area contributed by atoms with Crippen LogP contribution >= 0.6 is 0 Å². The fourth-order valence-corrected chi connectivity index (χ4v) is 4.17. The maximum atomic E-state index is 13.1. The van der Waals surface area contributed by atoms with Crippen molar-refractivity contribution in [2.75, 3.05) is 0 Å². The van der Waals surface area contributed by atoms with Gasteiger partial charge >= 0.3 is 0 Å². The van der Waals surface area contributed by atoms with Gasteiger partial charge < -0.3 is 5.11 Å². The molecule has 4 aromatic rings. The van der Waals surface area contributed by atoms with Crippen molar-refractivity contribution in [3.8, 4) is 17.0 Å². The topological polar surface area (TPSA) is 72.2 Å². The van der Waals surface area contributed by atoms with E-state index >= 15 is 0 Å². The van der Waals surface area contributed by atoms with Gasteiger partial charge in [-0.3, -0.25) is 0 Å². The van der Waals surface area contributed by atoms with Crippen LogP contribution in [-0.2, 0) is 10.0 Å². The quantitative estimate of drug-likeness (QED) is 0.597. The summed E-state index contributed by atoms with van der Waals surface area (Å²) in [7, 11) is -3.86. The standard InChI is InChI=1S/C20H16N2O3S/c1-14-7-10-17(11-8-14)26(24,25)22-19-12-9-16(23)13-18(19)20(21-22)15-5-3-2-4-6-15/h2-13,23H,1H3. The van der Waals surface area contributed by atoms with E-state index in [9.17, 15) is 13.5 Å². The number of rotatable bonds is 3. The highest BCUT2D eigenvalue weighted by Gasteiger charge is 2.23. The summed E-state index contributed by atoms with van der Waals surface area (Å²) in [4.78, 5) is 0.167. The number of aromatic nitrogens is 2. The molecule has 1 heterocycles. The second kappa shape index (κ2) is 6.00. The van der Waals surface area contributed by atoms with E-state index in [0.717, 1.165) is 15.2 Å². The summed E-state index contributed by atoms with van der Waals surface area (Å²) in [6, 6.07) is 20.5. The first-order valence-corrected chi connectivity index (χ1v) is 9.50. The highest BCUT2D eigenvalue weighted by molar-refractivity contribution is 7.90. The first-order chi connectivity index (χ1) is 12.5. The van der Waals surface area contributed by atoms with Crippen LogP contribution in [0.4, 0.5) is 0 Å². The van der Waals surface area contributed by atoms with E-state index in [1.807, 2.05) is 37.3 Å². The zero-order chi connectivity index (χ0) is 18.3. The number of hydrogen-bond acceptors (Lipinski definition) is 4. The van der Waals surface area contributed by atoms with Crippen LogP contribution in [0.5, 0.6) is 5.75 Å². The van der Waals surface area contributed by atoms with Crippen LogP contribution in [0.1, 0.15) is 5.56 Å². The van der Waals surface area contributed by atoms with Crippen LogP contribution in [0.25, 0.3) is 22.2 Å². The molecule has 0 unspecified atom stereocenters. The van der Waals surface area contributed by atoms with Crippen molar-refractivity contribution >= 4 is 20.9 Å². The maximum absolute atomic E-state index is 13.1. The van der Waals surface area contributed by atoms with E-state index < -0.39 is 10.0 Å². The predicted octanol–water partition coefficient (Wildman–Crippen LogP) is 3.95. The minimum Gasteiger partial charge on any atom is -0.508 e. The van der Waals surface area contributed by atoms with Crippen molar-refractivity contribution in [1.29, 1.82) is 0 Å². The third kappa shape index (κ3) is 2.64. The van der Waals surface area contributed by atoms with Crippen molar-refractivity contribution in [3.05, 3.63) is 78.4 Å². The lowest BCUT2D eigenvalue weighted by atomic mass is 10.1. The molecular formula is C20H16N2O3S. The van der Waals surface area contributed by atoms with Crippen LogP contribution < -0.4 is 0 Å². The molecule has 0 spiro atoms. The number of phenols is 1. The molecule has 0 bridgehead atoms. The molecule has 0 aliphatic rings. The molecule has 0 saturated carbocycles. The Balaban J connectivity index is 2.01. The Hall–Kier alpha value is -3.12. The van der Waals surface area contributed by atoms with Crippen LogP contribution in [0, 0.1) is 6.92 Å². The molecule has 0 atom stereocenters. The second-order valence-electron chi connectivity index (χ2n) is 6.08. The number of aryl methyl sites for hydroxylation is 1. The maximum Gasteiger partial charge on any atom is 0.283 e. The van der Waals surface area contributed by atoms with E-state index in [4.69, 9.17) is 0 Å². The number of aromatic hydroxyl groups is 1. The Morgan fingerprint density at radius 1 is 0.923 bits per heavy atom. The number of fused-ring (bicyclic) bond motifs is 1. The molecule has 26 heavy (non-hydrogen) atoms. The summed E-state index contributed by atoms with van der Waals surface area (Å²) in [6.07, 6.45) is 0. The lowest BCUT2D eigenvalue weighted by Crippen LogP contribution is -2.14. The second-order valence-corrected chi connectivity index (χ2v) is 7.84. The fourth-order valence-electron chi connectivity index (χ4n) is 2.88. The minimum absolute atomic E-state index is 0.0574. The van der Waals surface area contributed by atoms with E-state index in [-0.39, 0.29) is 10.6 Å².